The lowest BCUT2D eigenvalue weighted by molar-refractivity contribution is 0.322. The number of hydrogen-bond donors (Lipinski definition) is 1. The molecule has 2 unspecified atom stereocenters. The van der Waals surface area contributed by atoms with E-state index in [2.05, 4.69) is 12.2 Å². The molecule has 1 aliphatic heterocycles. The van der Waals surface area contributed by atoms with E-state index in [1.807, 2.05) is 19.1 Å². The van der Waals surface area contributed by atoms with Crippen LogP contribution in [0.15, 0.2) is 18.2 Å². The Morgan fingerprint density at radius 1 is 1.35 bits per heavy atom. The average molecular weight is 235 g/mol. The number of benzene rings is 1. The second-order valence-electron chi connectivity index (χ2n) is 5.32. The molecule has 1 aromatic rings. The summed E-state index contributed by atoms with van der Waals surface area (Å²) in [5.74, 6) is -0.0764. The lowest BCUT2D eigenvalue weighted by Crippen LogP contribution is -2.40. The van der Waals surface area contributed by atoms with Crippen molar-refractivity contribution in [1.29, 1.82) is 0 Å². The van der Waals surface area contributed by atoms with Gasteiger partial charge in [0.1, 0.15) is 5.82 Å². The van der Waals surface area contributed by atoms with E-state index in [0.717, 1.165) is 24.0 Å². The Kier molecular flexibility index (Phi) is 4.16. The second-order valence-corrected chi connectivity index (χ2v) is 5.32. The van der Waals surface area contributed by atoms with Crippen molar-refractivity contribution in [2.45, 2.75) is 58.0 Å². The first kappa shape index (κ1) is 12.6. The first-order valence-corrected chi connectivity index (χ1v) is 6.66. The quantitative estimate of drug-likeness (QED) is 0.844. The monoisotopic (exact) mass is 235 g/mol. The Bertz CT molecular complexity index is 375. The van der Waals surface area contributed by atoms with Crippen LogP contribution in [0.25, 0.3) is 0 Å². The number of nitrogens with one attached hydrogen (secondary N) is 1. The van der Waals surface area contributed by atoms with Gasteiger partial charge in [-0.2, -0.15) is 0 Å². The third-order valence-corrected chi connectivity index (χ3v) is 3.73. The van der Waals surface area contributed by atoms with Crippen LogP contribution in [0.2, 0.25) is 0 Å². The Balaban J connectivity index is 1.86. The van der Waals surface area contributed by atoms with Gasteiger partial charge < -0.3 is 5.32 Å². The number of rotatable bonds is 3. The van der Waals surface area contributed by atoms with Gasteiger partial charge in [0.15, 0.2) is 0 Å². The SMILES string of the molecule is Cc1ccc(CCC2CCCC(C)N2)cc1F. The number of aryl methyl sites for hydroxylation is 2. The zero-order valence-corrected chi connectivity index (χ0v) is 10.8. The van der Waals surface area contributed by atoms with Gasteiger partial charge in [0.2, 0.25) is 0 Å². The summed E-state index contributed by atoms with van der Waals surface area (Å²) in [6, 6.07) is 6.86. The Hall–Kier alpha value is -0.890. The molecule has 2 heteroatoms. The van der Waals surface area contributed by atoms with Crippen LogP contribution in [0.3, 0.4) is 0 Å². The molecule has 2 atom stereocenters. The van der Waals surface area contributed by atoms with E-state index in [9.17, 15) is 4.39 Å². The van der Waals surface area contributed by atoms with Crippen molar-refractivity contribution in [2.24, 2.45) is 0 Å². The minimum atomic E-state index is -0.0764. The van der Waals surface area contributed by atoms with Gasteiger partial charge in [-0.05, 0) is 56.7 Å². The largest absolute Gasteiger partial charge is 0.311 e. The van der Waals surface area contributed by atoms with Gasteiger partial charge in [0.05, 0.1) is 0 Å². The molecule has 0 bridgehead atoms. The molecular formula is C15H22FN. The molecule has 0 aromatic heterocycles. The van der Waals surface area contributed by atoms with Crippen molar-refractivity contribution in [1.82, 2.24) is 5.32 Å². The molecule has 1 fully saturated rings. The number of halogens is 1. The lowest BCUT2D eigenvalue weighted by Gasteiger charge is -2.28. The van der Waals surface area contributed by atoms with Crippen LogP contribution >= 0.6 is 0 Å². The smallest absolute Gasteiger partial charge is 0.126 e. The molecule has 17 heavy (non-hydrogen) atoms. The first-order chi connectivity index (χ1) is 8.15. The molecule has 1 aromatic carbocycles. The highest BCUT2D eigenvalue weighted by atomic mass is 19.1. The molecule has 1 heterocycles. The van der Waals surface area contributed by atoms with E-state index >= 15 is 0 Å². The van der Waals surface area contributed by atoms with Crippen molar-refractivity contribution in [3.8, 4) is 0 Å². The van der Waals surface area contributed by atoms with Crippen LogP contribution < -0.4 is 5.32 Å². The van der Waals surface area contributed by atoms with Gasteiger partial charge in [-0.1, -0.05) is 18.6 Å². The Morgan fingerprint density at radius 2 is 2.18 bits per heavy atom. The summed E-state index contributed by atoms with van der Waals surface area (Å²) in [5, 5.41) is 3.62. The topological polar surface area (TPSA) is 12.0 Å². The summed E-state index contributed by atoms with van der Waals surface area (Å²) in [4.78, 5) is 0. The molecule has 0 amide bonds. The third-order valence-electron chi connectivity index (χ3n) is 3.73. The van der Waals surface area contributed by atoms with Gasteiger partial charge in [-0.15, -0.1) is 0 Å². The zero-order valence-electron chi connectivity index (χ0n) is 10.8. The van der Waals surface area contributed by atoms with Crippen LogP contribution in [0, 0.1) is 12.7 Å². The normalized spacial score (nSPS) is 24.9. The summed E-state index contributed by atoms with van der Waals surface area (Å²) in [6.45, 7) is 4.06. The summed E-state index contributed by atoms with van der Waals surface area (Å²) >= 11 is 0. The number of piperidine rings is 1. The van der Waals surface area contributed by atoms with Crippen LogP contribution in [0.1, 0.15) is 43.7 Å². The van der Waals surface area contributed by atoms with Gasteiger partial charge in [-0.3, -0.25) is 0 Å². The Morgan fingerprint density at radius 3 is 2.88 bits per heavy atom. The second kappa shape index (κ2) is 5.63. The van der Waals surface area contributed by atoms with Crippen LogP contribution in [0.4, 0.5) is 4.39 Å². The molecule has 0 radical (unpaired) electrons. The lowest BCUT2D eigenvalue weighted by atomic mass is 9.94. The van der Waals surface area contributed by atoms with Gasteiger partial charge in [0, 0.05) is 12.1 Å². The van der Waals surface area contributed by atoms with E-state index in [1.165, 1.54) is 19.3 Å². The van der Waals surface area contributed by atoms with Gasteiger partial charge >= 0.3 is 0 Å². The summed E-state index contributed by atoms with van der Waals surface area (Å²) in [5.41, 5.74) is 1.85. The molecular weight excluding hydrogens is 213 g/mol. The van der Waals surface area contributed by atoms with E-state index in [4.69, 9.17) is 0 Å². The molecule has 1 aliphatic rings. The first-order valence-electron chi connectivity index (χ1n) is 6.66. The maximum absolute atomic E-state index is 13.4. The van der Waals surface area contributed by atoms with Crippen molar-refractivity contribution in [3.05, 3.63) is 35.1 Å². The van der Waals surface area contributed by atoms with Crippen LogP contribution in [0.5, 0.6) is 0 Å². The molecule has 2 rings (SSSR count). The van der Waals surface area contributed by atoms with Crippen molar-refractivity contribution in [3.63, 3.8) is 0 Å². The van der Waals surface area contributed by atoms with Gasteiger partial charge in [-0.25, -0.2) is 4.39 Å². The number of hydrogen-bond acceptors (Lipinski definition) is 1. The molecule has 1 saturated heterocycles. The molecule has 1 nitrogen and oxygen atoms in total. The minimum Gasteiger partial charge on any atom is -0.311 e. The van der Waals surface area contributed by atoms with E-state index in [0.29, 0.717) is 12.1 Å². The third kappa shape index (κ3) is 3.53. The van der Waals surface area contributed by atoms with Crippen molar-refractivity contribution >= 4 is 0 Å². The maximum atomic E-state index is 13.4. The standard InChI is InChI=1S/C15H22FN/c1-11-6-7-13(10-15(11)16)8-9-14-5-3-4-12(2)17-14/h6-7,10,12,14,17H,3-5,8-9H2,1-2H3. The molecule has 94 valence electrons. The molecule has 1 N–H and O–H groups in total. The summed E-state index contributed by atoms with van der Waals surface area (Å²) in [7, 11) is 0. The fraction of sp³-hybridized carbons (Fsp3) is 0.600. The Labute approximate surface area is 103 Å². The summed E-state index contributed by atoms with van der Waals surface area (Å²) in [6.07, 6.45) is 5.96. The predicted molar refractivity (Wildman–Crippen MR) is 69.7 cm³/mol. The van der Waals surface area contributed by atoms with Crippen molar-refractivity contribution in [2.75, 3.05) is 0 Å². The zero-order chi connectivity index (χ0) is 12.3. The highest BCUT2D eigenvalue weighted by Gasteiger charge is 2.17. The molecule has 0 saturated carbocycles. The van der Waals surface area contributed by atoms with Crippen LogP contribution in [-0.4, -0.2) is 12.1 Å². The average Bonchev–Trinajstić information content (AvgIpc) is 2.31. The maximum Gasteiger partial charge on any atom is 0.126 e. The fourth-order valence-electron chi connectivity index (χ4n) is 2.60. The van der Waals surface area contributed by atoms with E-state index < -0.39 is 0 Å². The predicted octanol–water partition coefficient (Wildman–Crippen LogP) is 3.60. The molecule has 0 aliphatic carbocycles. The highest BCUT2D eigenvalue weighted by molar-refractivity contribution is 5.23. The molecule has 0 spiro atoms. The van der Waals surface area contributed by atoms with Gasteiger partial charge in [0.25, 0.3) is 0 Å². The van der Waals surface area contributed by atoms with E-state index in [-0.39, 0.29) is 5.82 Å². The highest BCUT2D eigenvalue weighted by Crippen LogP contribution is 2.17. The van der Waals surface area contributed by atoms with Crippen LogP contribution in [-0.2, 0) is 6.42 Å². The minimum absolute atomic E-state index is 0.0764. The van der Waals surface area contributed by atoms with E-state index in [1.54, 1.807) is 6.07 Å². The van der Waals surface area contributed by atoms with Crippen molar-refractivity contribution < 1.29 is 4.39 Å². The summed E-state index contributed by atoms with van der Waals surface area (Å²) < 4.78 is 13.4. The fourth-order valence-corrected chi connectivity index (χ4v) is 2.60.